The van der Waals surface area contributed by atoms with Crippen LogP contribution >= 0.6 is 0 Å². The Balaban J connectivity index is 3.50. The van der Waals surface area contributed by atoms with E-state index in [2.05, 4.69) is 10.6 Å². The van der Waals surface area contributed by atoms with Crippen molar-refractivity contribution in [2.75, 3.05) is 6.61 Å². The number of hydrogen-bond donors (Lipinski definition) is 4. The van der Waals surface area contributed by atoms with Crippen molar-refractivity contribution in [2.45, 2.75) is 91.1 Å². The number of alkyl carbamates (subject to hydrolysis) is 1. The number of aromatic hydroxyl groups is 1. The van der Waals surface area contributed by atoms with E-state index in [1.807, 2.05) is 20.8 Å². The number of carbonyl (C=O) groups excluding carboxylic acids is 3. The van der Waals surface area contributed by atoms with Gasteiger partial charge in [0.15, 0.2) is 0 Å². The lowest BCUT2D eigenvalue weighted by Gasteiger charge is -2.43. The second-order valence-electron chi connectivity index (χ2n) is 11.0. The number of aliphatic hydroxyl groups excluding tert-OH is 1. The average Bonchev–Trinajstić information content (AvgIpc) is 2.59. The van der Waals surface area contributed by atoms with Gasteiger partial charge < -0.3 is 30.5 Å². The van der Waals surface area contributed by atoms with E-state index in [1.165, 1.54) is 17.0 Å². The van der Waals surface area contributed by atoms with E-state index < -0.39 is 53.3 Å². The summed E-state index contributed by atoms with van der Waals surface area (Å²) >= 11 is 0. The predicted octanol–water partition coefficient (Wildman–Crippen LogP) is 2.86. The van der Waals surface area contributed by atoms with Crippen LogP contribution < -0.4 is 10.6 Å². The van der Waals surface area contributed by atoms with Crippen LogP contribution in [-0.2, 0) is 14.3 Å². The summed E-state index contributed by atoms with van der Waals surface area (Å²) in [7, 11) is 0. The molecule has 0 radical (unpaired) electrons. The molecule has 3 amide bonds. The SMILES string of the molecule is CC(C)(C)NC(=O)C(c1cccc(O)c1)N(C(=O)C(CO)NC(=O)OC(C)(C)C)C(C)(C)C. The molecule has 0 aliphatic carbocycles. The zero-order chi connectivity index (χ0) is 25.8. The fourth-order valence-electron chi connectivity index (χ4n) is 3.20. The van der Waals surface area contributed by atoms with Gasteiger partial charge in [-0.25, -0.2) is 4.79 Å². The van der Waals surface area contributed by atoms with E-state index in [-0.39, 0.29) is 5.75 Å². The van der Waals surface area contributed by atoms with E-state index in [9.17, 15) is 24.6 Å². The summed E-state index contributed by atoms with van der Waals surface area (Å²) in [5.41, 5.74) is -1.91. The van der Waals surface area contributed by atoms with Gasteiger partial charge in [-0.2, -0.15) is 0 Å². The summed E-state index contributed by atoms with van der Waals surface area (Å²) in [4.78, 5) is 40.7. The number of hydrogen-bond acceptors (Lipinski definition) is 6. The fourth-order valence-corrected chi connectivity index (χ4v) is 3.20. The maximum absolute atomic E-state index is 13.6. The van der Waals surface area contributed by atoms with Crippen LogP contribution in [0.5, 0.6) is 5.75 Å². The quantitative estimate of drug-likeness (QED) is 0.511. The van der Waals surface area contributed by atoms with Gasteiger partial charge in [-0.15, -0.1) is 0 Å². The van der Waals surface area contributed by atoms with E-state index >= 15 is 0 Å². The lowest BCUT2D eigenvalue weighted by Crippen LogP contribution is -2.60. The summed E-state index contributed by atoms with van der Waals surface area (Å²) in [6.45, 7) is 15.0. The molecule has 2 unspecified atom stereocenters. The van der Waals surface area contributed by atoms with Crippen LogP contribution in [0.15, 0.2) is 24.3 Å². The summed E-state index contributed by atoms with van der Waals surface area (Å²) in [6, 6.07) is 3.60. The van der Waals surface area contributed by atoms with Gasteiger partial charge in [-0.1, -0.05) is 12.1 Å². The first-order valence-electron chi connectivity index (χ1n) is 10.9. The number of nitrogens with one attached hydrogen (secondary N) is 2. The van der Waals surface area contributed by atoms with Gasteiger partial charge in [0, 0.05) is 11.1 Å². The Morgan fingerprint density at radius 2 is 1.61 bits per heavy atom. The highest BCUT2D eigenvalue weighted by atomic mass is 16.6. The molecule has 33 heavy (non-hydrogen) atoms. The number of ether oxygens (including phenoxy) is 1. The van der Waals surface area contributed by atoms with Crippen LogP contribution in [0.1, 0.15) is 73.9 Å². The van der Waals surface area contributed by atoms with Crippen LogP contribution in [-0.4, -0.2) is 62.3 Å². The van der Waals surface area contributed by atoms with Crippen molar-refractivity contribution < 1.29 is 29.3 Å². The normalized spacial score (nSPS) is 14.1. The molecule has 4 N–H and O–H groups in total. The molecular formula is C24H39N3O6. The lowest BCUT2D eigenvalue weighted by molar-refractivity contribution is -0.149. The Morgan fingerprint density at radius 1 is 1.03 bits per heavy atom. The summed E-state index contributed by atoms with van der Waals surface area (Å²) in [5, 5.41) is 25.2. The topological polar surface area (TPSA) is 128 Å². The van der Waals surface area contributed by atoms with Crippen molar-refractivity contribution in [3.63, 3.8) is 0 Å². The van der Waals surface area contributed by atoms with Crippen LogP contribution in [0, 0.1) is 0 Å². The van der Waals surface area contributed by atoms with Gasteiger partial charge in [0.2, 0.25) is 11.8 Å². The minimum atomic E-state index is -1.35. The predicted molar refractivity (Wildman–Crippen MR) is 126 cm³/mol. The maximum atomic E-state index is 13.6. The Labute approximate surface area is 196 Å². The molecule has 1 aromatic carbocycles. The minimum absolute atomic E-state index is 0.0621. The molecule has 1 aromatic rings. The Hall–Kier alpha value is -2.81. The van der Waals surface area contributed by atoms with Crippen molar-refractivity contribution >= 4 is 17.9 Å². The van der Waals surface area contributed by atoms with Crippen molar-refractivity contribution in [1.82, 2.24) is 15.5 Å². The van der Waals surface area contributed by atoms with Crippen LogP contribution in [0.25, 0.3) is 0 Å². The zero-order valence-corrected chi connectivity index (χ0v) is 21.1. The first-order chi connectivity index (χ1) is 14.9. The molecule has 0 aliphatic rings. The third-order valence-corrected chi connectivity index (χ3v) is 4.32. The number of amides is 3. The first kappa shape index (κ1) is 28.2. The number of carbonyl (C=O) groups is 3. The third kappa shape index (κ3) is 8.92. The van der Waals surface area contributed by atoms with Crippen molar-refractivity contribution in [3.05, 3.63) is 29.8 Å². The summed E-state index contributed by atoms with van der Waals surface area (Å²) < 4.78 is 5.22. The minimum Gasteiger partial charge on any atom is -0.508 e. The number of aliphatic hydroxyl groups is 1. The molecule has 186 valence electrons. The molecule has 0 saturated heterocycles. The van der Waals surface area contributed by atoms with E-state index in [0.717, 1.165) is 0 Å². The number of benzene rings is 1. The second-order valence-corrected chi connectivity index (χ2v) is 11.0. The summed E-state index contributed by atoms with van der Waals surface area (Å²) in [5.74, 6) is -1.20. The Bertz CT molecular complexity index is 849. The monoisotopic (exact) mass is 465 g/mol. The van der Waals surface area contributed by atoms with Crippen LogP contribution in [0.3, 0.4) is 0 Å². The van der Waals surface area contributed by atoms with Crippen molar-refractivity contribution in [3.8, 4) is 5.75 Å². The second kappa shape index (κ2) is 10.4. The van der Waals surface area contributed by atoms with Crippen molar-refractivity contribution in [2.24, 2.45) is 0 Å². The standard InChI is InChI=1S/C24H39N3O6/c1-22(2,3)26-19(30)18(15-11-10-12-16(29)13-15)27(23(4,5)6)20(31)17(14-28)25-21(32)33-24(7,8)9/h10-13,17-18,28-29H,14H2,1-9H3,(H,25,32)(H,26,30). The lowest BCUT2D eigenvalue weighted by atomic mass is 9.94. The molecule has 0 aromatic heterocycles. The summed E-state index contributed by atoms with van der Waals surface area (Å²) in [6.07, 6.45) is -0.864. The van der Waals surface area contributed by atoms with Crippen LogP contribution in [0.4, 0.5) is 4.79 Å². The molecular weight excluding hydrogens is 426 g/mol. The van der Waals surface area contributed by atoms with Crippen molar-refractivity contribution in [1.29, 1.82) is 0 Å². The van der Waals surface area contributed by atoms with Gasteiger partial charge >= 0.3 is 6.09 Å². The highest BCUT2D eigenvalue weighted by Gasteiger charge is 2.42. The van der Waals surface area contributed by atoms with Gasteiger partial charge in [0.25, 0.3) is 0 Å². The number of rotatable bonds is 6. The van der Waals surface area contributed by atoms with Gasteiger partial charge in [-0.05, 0) is 80.0 Å². The molecule has 0 aliphatic heterocycles. The molecule has 0 fully saturated rings. The zero-order valence-electron chi connectivity index (χ0n) is 21.1. The molecule has 9 heteroatoms. The highest BCUT2D eigenvalue weighted by molar-refractivity contribution is 5.93. The third-order valence-electron chi connectivity index (χ3n) is 4.32. The molecule has 9 nitrogen and oxygen atoms in total. The van der Waals surface area contributed by atoms with Gasteiger partial charge in [-0.3, -0.25) is 9.59 Å². The molecule has 0 saturated carbocycles. The average molecular weight is 466 g/mol. The number of nitrogens with zero attached hydrogens (tertiary/aromatic N) is 1. The van der Waals surface area contributed by atoms with E-state index in [4.69, 9.17) is 4.74 Å². The largest absolute Gasteiger partial charge is 0.508 e. The maximum Gasteiger partial charge on any atom is 0.408 e. The first-order valence-corrected chi connectivity index (χ1v) is 10.9. The Kier molecular flexibility index (Phi) is 8.91. The smallest absolute Gasteiger partial charge is 0.408 e. The molecule has 1 rings (SSSR count). The van der Waals surface area contributed by atoms with Crippen LogP contribution in [0.2, 0.25) is 0 Å². The number of phenolic OH excluding ortho intramolecular Hbond substituents is 1. The van der Waals surface area contributed by atoms with Gasteiger partial charge in [0.1, 0.15) is 23.4 Å². The molecule has 2 atom stereocenters. The Morgan fingerprint density at radius 3 is 2.03 bits per heavy atom. The molecule has 0 heterocycles. The molecule has 0 spiro atoms. The van der Waals surface area contributed by atoms with E-state index in [0.29, 0.717) is 5.56 Å². The number of phenols is 1. The van der Waals surface area contributed by atoms with E-state index in [1.54, 1.807) is 53.7 Å². The highest BCUT2D eigenvalue weighted by Crippen LogP contribution is 2.32. The fraction of sp³-hybridized carbons (Fsp3) is 0.625. The van der Waals surface area contributed by atoms with Gasteiger partial charge in [0.05, 0.1) is 6.61 Å². The molecule has 0 bridgehead atoms.